The van der Waals surface area contributed by atoms with Crippen LogP contribution in [-0.2, 0) is 0 Å². The average molecular weight is 202 g/mol. The van der Waals surface area contributed by atoms with Crippen molar-refractivity contribution < 1.29 is 0 Å². The third-order valence-corrected chi connectivity index (χ3v) is 6.63. The molecule has 82 valence electrons. The normalized spacial score (nSPS) is 69.1. The van der Waals surface area contributed by atoms with E-state index in [4.69, 9.17) is 0 Å². The van der Waals surface area contributed by atoms with Crippen LogP contribution in [0.2, 0.25) is 0 Å². The second-order valence-corrected chi connectivity index (χ2v) is 6.87. The Hall–Kier alpha value is -0.260. The molecule has 3 fully saturated rings. The molecule has 4 aliphatic carbocycles. The molecule has 0 heterocycles. The van der Waals surface area contributed by atoms with Crippen molar-refractivity contribution in [3.63, 3.8) is 0 Å². The molecule has 0 aromatic rings. The SMILES string of the molecule is CC1CC2C(C)C1C1C3C=CC(C3C)C21. The Bertz CT molecular complexity index is 329. The van der Waals surface area contributed by atoms with Gasteiger partial charge in [0.15, 0.2) is 0 Å². The lowest BCUT2D eigenvalue weighted by atomic mass is 9.70. The lowest BCUT2D eigenvalue weighted by molar-refractivity contribution is 0.158. The van der Waals surface area contributed by atoms with Gasteiger partial charge in [0.1, 0.15) is 0 Å². The summed E-state index contributed by atoms with van der Waals surface area (Å²) in [5, 5.41) is 0. The molecule has 0 aromatic heterocycles. The van der Waals surface area contributed by atoms with E-state index >= 15 is 0 Å². The van der Waals surface area contributed by atoms with E-state index in [0.29, 0.717) is 0 Å². The van der Waals surface area contributed by atoms with E-state index in [1.54, 1.807) is 0 Å². The van der Waals surface area contributed by atoms with Crippen molar-refractivity contribution in [2.24, 2.45) is 53.3 Å². The van der Waals surface area contributed by atoms with Gasteiger partial charge in [-0.2, -0.15) is 0 Å². The Kier molecular flexibility index (Phi) is 1.49. The van der Waals surface area contributed by atoms with Gasteiger partial charge in [-0.05, 0) is 59.7 Å². The fourth-order valence-electron chi connectivity index (χ4n) is 6.26. The van der Waals surface area contributed by atoms with Crippen LogP contribution in [0.1, 0.15) is 27.2 Å². The van der Waals surface area contributed by atoms with Crippen LogP contribution in [0.25, 0.3) is 0 Å². The first kappa shape index (κ1) is 8.84. The van der Waals surface area contributed by atoms with E-state index in [0.717, 1.165) is 53.3 Å². The summed E-state index contributed by atoms with van der Waals surface area (Å²) in [6.07, 6.45) is 6.67. The van der Waals surface area contributed by atoms with Crippen molar-refractivity contribution in [3.05, 3.63) is 12.2 Å². The van der Waals surface area contributed by atoms with Crippen molar-refractivity contribution in [2.45, 2.75) is 27.2 Å². The highest BCUT2D eigenvalue weighted by atomic mass is 14.7. The summed E-state index contributed by atoms with van der Waals surface area (Å²) in [5.74, 6) is 9.27. The van der Waals surface area contributed by atoms with Gasteiger partial charge >= 0.3 is 0 Å². The molecule has 0 radical (unpaired) electrons. The maximum absolute atomic E-state index is 2.57. The van der Waals surface area contributed by atoms with E-state index in [-0.39, 0.29) is 0 Å². The van der Waals surface area contributed by atoms with Crippen molar-refractivity contribution >= 4 is 0 Å². The highest BCUT2D eigenvalue weighted by molar-refractivity contribution is 5.23. The molecule has 0 nitrogen and oxygen atoms in total. The largest absolute Gasteiger partial charge is 0.0845 e. The molecule has 3 saturated carbocycles. The molecule has 9 atom stereocenters. The van der Waals surface area contributed by atoms with Crippen LogP contribution in [0.3, 0.4) is 0 Å². The van der Waals surface area contributed by atoms with Gasteiger partial charge in [0.05, 0.1) is 0 Å². The maximum atomic E-state index is 2.57. The van der Waals surface area contributed by atoms with Gasteiger partial charge in [-0.15, -0.1) is 0 Å². The van der Waals surface area contributed by atoms with E-state index in [1.807, 2.05) is 0 Å². The Labute approximate surface area is 93.1 Å². The standard InChI is InChI=1S/C15H22/c1-7-6-12-9(3)13(7)15-11-5-4-10(8(11)2)14(12)15/h4-5,7-15H,6H2,1-3H3. The van der Waals surface area contributed by atoms with Crippen LogP contribution in [-0.4, -0.2) is 0 Å². The van der Waals surface area contributed by atoms with E-state index in [2.05, 4.69) is 32.9 Å². The van der Waals surface area contributed by atoms with Gasteiger partial charge in [-0.3, -0.25) is 0 Å². The number of hydrogen-bond acceptors (Lipinski definition) is 0. The molecule has 0 spiro atoms. The van der Waals surface area contributed by atoms with Crippen LogP contribution >= 0.6 is 0 Å². The minimum Gasteiger partial charge on any atom is -0.0845 e. The number of fused-ring (bicyclic) bond motifs is 9. The molecule has 4 aliphatic rings. The van der Waals surface area contributed by atoms with Crippen LogP contribution in [0.5, 0.6) is 0 Å². The van der Waals surface area contributed by atoms with Crippen molar-refractivity contribution in [3.8, 4) is 0 Å². The third kappa shape index (κ3) is 0.797. The molecule has 4 bridgehead atoms. The fraction of sp³-hybridized carbons (Fsp3) is 0.867. The van der Waals surface area contributed by atoms with Crippen LogP contribution in [0, 0.1) is 53.3 Å². The Morgan fingerprint density at radius 1 is 0.800 bits per heavy atom. The smallest absolute Gasteiger partial charge is 0.0168 e. The van der Waals surface area contributed by atoms with E-state index < -0.39 is 0 Å². The van der Waals surface area contributed by atoms with Gasteiger partial charge < -0.3 is 0 Å². The molecular formula is C15H22. The zero-order valence-electron chi connectivity index (χ0n) is 10.1. The molecule has 0 amide bonds. The highest BCUT2D eigenvalue weighted by Crippen LogP contribution is 2.70. The lowest BCUT2D eigenvalue weighted by Crippen LogP contribution is -2.29. The molecule has 15 heavy (non-hydrogen) atoms. The average Bonchev–Trinajstić information content (AvgIpc) is 2.86. The zero-order chi connectivity index (χ0) is 10.3. The van der Waals surface area contributed by atoms with E-state index in [9.17, 15) is 0 Å². The molecular weight excluding hydrogens is 180 g/mol. The quantitative estimate of drug-likeness (QED) is 0.416. The molecule has 9 unspecified atom stereocenters. The van der Waals surface area contributed by atoms with Crippen LogP contribution < -0.4 is 0 Å². The molecule has 0 N–H and O–H groups in total. The van der Waals surface area contributed by atoms with Gasteiger partial charge in [0.25, 0.3) is 0 Å². The summed E-state index contributed by atoms with van der Waals surface area (Å²) in [4.78, 5) is 0. The second-order valence-electron chi connectivity index (χ2n) is 6.87. The summed E-state index contributed by atoms with van der Waals surface area (Å²) in [6.45, 7) is 7.56. The van der Waals surface area contributed by atoms with Crippen molar-refractivity contribution in [2.75, 3.05) is 0 Å². The van der Waals surface area contributed by atoms with E-state index in [1.165, 1.54) is 6.42 Å². The third-order valence-electron chi connectivity index (χ3n) is 6.63. The summed E-state index contributed by atoms with van der Waals surface area (Å²) < 4.78 is 0. The van der Waals surface area contributed by atoms with Gasteiger partial charge in [-0.1, -0.05) is 32.9 Å². The first-order valence-electron chi connectivity index (χ1n) is 6.88. The highest BCUT2D eigenvalue weighted by Gasteiger charge is 2.65. The van der Waals surface area contributed by atoms with Crippen LogP contribution in [0.15, 0.2) is 12.2 Å². The monoisotopic (exact) mass is 202 g/mol. The zero-order valence-corrected chi connectivity index (χ0v) is 10.1. The summed E-state index contributed by atoms with van der Waals surface area (Å²) >= 11 is 0. The fourth-order valence-corrected chi connectivity index (χ4v) is 6.26. The summed E-state index contributed by atoms with van der Waals surface area (Å²) in [7, 11) is 0. The first-order valence-corrected chi connectivity index (χ1v) is 6.88. The minimum absolute atomic E-state index is 0.959. The summed E-state index contributed by atoms with van der Waals surface area (Å²) in [5.41, 5.74) is 0. The topological polar surface area (TPSA) is 0 Å². The molecule has 0 aliphatic heterocycles. The molecule has 0 aromatic carbocycles. The predicted molar refractivity (Wildman–Crippen MR) is 62.2 cm³/mol. The number of rotatable bonds is 0. The molecule has 4 rings (SSSR count). The van der Waals surface area contributed by atoms with Crippen molar-refractivity contribution in [1.29, 1.82) is 0 Å². The predicted octanol–water partition coefficient (Wildman–Crippen LogP) is 3.59. The van der Waals surface area contributed by atoms with Gasteiger partial charge in [0, 0.05) is 0 Å². The maximum Gasteiger partial charge on any atom is -0.0168 e. The molecule has 0 saturated heterocycles. The first-order chi connectivity index (χ1) is 7.20. The lowest BCUT2D eigenvalue weighted by Gasteiger charge is -2.35. The summed E-state index contributed by atoms with van der Waals surface area (Å²) in [6, 6.07) is 0. The Morgan fingerprint density at radius 2 is 1.47 bits per heavy atom. The van der Waals surface area contributed by atoms with Crippen molar-refractivity contribution in [1.82, 2.24) is 0 Å². The molecule has 0 heteroatoms. The number of hydrogen-bond donors (Lipinski definition) is 0. The van der Waals surface area contributed by atoms with Crippen LogP contribution in [0.4, 0.5) is 0 Å². The minimum atomic E-state index is 0.959. The Morgan fingerprint density at radius 3 is 2.20 bits per heavy atom. The van der Waals surface area contributed by atoms with Gasteiger partial charge in [0.2, 0.25) is 0 Å². The van der Waals surface area contributed by atoms with Gasteiger partial charge in [-0.25, -0.2) is 0 Å². The Balaban J connectivity index is 1.80. The second kappa shape index (κ2) is 2.52. The number of allylic oxidation sites excluding steroid dienone is 2.